The number of fused-ring (bicyclic) bond motifs is 2. The number of anilines is 1. The van der Waals surface area contributed by atoms with Gasteiger partial charge in [-0.05, 0) is 6.07 Å². The van der Waals surface area contributed by atoms with Gasteiger partial charge >= 0.3 is 6.01 Å². The first-order chi connectivity index (χ1) is 16.2. The molecule has 0 aliphatic carbocycles. The number of aromatic amines is 1. The summed E-state index contributed by atoms with van der Waals surface area (Å²) in [5.74, 6) is 0.327. The Balaban J connectivity index is 1.53. The fourth-order valence-electron chi connectivity index (χ4n) is 3.18. The van der Waals surface area contributed by atoms with Crippen molar-refractivity contribution in [1.82, 2.24) is 35.6 Å². The van der Waals surface area contributed by atoms with Crippen LogP contribution < -0.4 is 15.5 Å². The number of aliphatic hydroxyl groups is 1. The van der Waals surface area contributed by atoms with E-state index in [9.17, 15) is 9.90 Å². The number of benzene rings is 1. The van der Waals surface area contributed by atoms with Crippen LogP contribution >= 0.6 is 11.3 Å². The molecular formula is C20H16N8O4S. The van der Waals surface area contributed by atoms with Gasteiger partial charge in [0.05, 0.1) is 34.1 Å². The zero-order valence-electron chi connectivity index (χ0n) is 16.8. The molecule has 0 aliphatic heterocycles. The summed E-state index contributed by atoms with van der Waals surface area (Å²) in [6.07, 6.45) is 4.19. The number of carbonyl (C=O) groups is 1. The van der Waals surface area contributed by atoms with E-state index in [1.807, 2.05) is 18.2 Å². The average molecular weight is 464 g/mol. The monoisotopic (exact) mass is 464 g/mol. The predicted octanol–water partition coefficient (Wildman–Crippen LogP) is 2.34. The number of aromatic nitrogens is 6. The molecule has 1 amide bonds. The minimum absolute atomic E-state index is 0.0252. The van der Waals surface area contributed by atoms with E-state index in [1.54, 1.807) is 12.3 Å². The molecule has 13 heteroatoms. The van der Waals surface area contributed by atoms with Gasteiger partial charge in [-0.3, -0.25) is 15.1 Å². The first kappa shape index (κ1) is 20.7. The minimum Gasteiger partial charge on any atom is -0.413 e. The smallest absolute Gasteiger partial charge is 0.322 e. The molecule has 0 fully saturated rings. The number of rotatable bonds is 7. The van der Waals surface area contributed by atoms with Crippen LogP contribution in [0, 0.1) is 0 Å². The first-order valence-corrected chi connectivity index (χ1v) is 10.5. The van der Waals surface area contributed by atoms with Gasteiger partial charge in [-0.25, -0.2) is 25.4 Å². The Morgan fingerprint density at radius 3 is 2.82 bits per heavy atom. The summed E-state index contributed by atoms with van der Waals surface area (Å²) in [6, 6.07) is 7.49. The lowest BCUT2D eigenvalue weighted by molar-refractivity contribution is 0.0705. The molecule has 5 rings (SSSR count). The average Bonchev–Trinajstić information content (AvgIpc) is 3.49. The van der Waals surface area contributed by atoms with Crippen molar-refractivity contribution in [1.29, 1.82) is 0 Å². The van der Waals surface area contributed by atoms with Gasteiger partial charge in [0.15, 0.2) is 10.9 Å². The summed E-state index contributed by atoms with van der Waals surface area (Å²) in [5.41, 5.74) is 3.91. The normalized spacial score (nSPS) is 11.1. The van der Waals surface area contributed by atoms with Crippen LogP contribution in [0.1, 0.15) is 10.4 Å². The second-order valence-corrected chi connectivity index (χ2v) is 7.77. The fraction of sp³-hybridized carbons (Fsp3) is 0.100. The topological polar surface area (TPSA) is 171 Å². The maximum Gasteiger partial charge on any atom is 0.322 e. The van der Waals surface area contributed by atoms with Gasteiger partial charge in [0, 0.05) is 36.0 Å². The quantitative estimate of drug-likeness (QED) is 0.178. The Morgan fingerprint density at radius 2 is 2.03 bits per heavy atom. The maximum atomic E-state index is 11.4. The lowest BCUT2D eigenvalue weighted by atomic mass is 10.1. The summed E-state index contributed by atoms with van der Waals surface area (Å²) < 4.78 is 6.47. The largest absolute Gasteiger partial charge is 0.413 e. The summed E-state index contributed by atoms with van der Waals surface area (Å²) in [6.45, 7) is 0.252. The second kappa shape index (κ2) is 8.74. The van der Waals surface area contributed by atoms with Crippen molar-refractivity contribution in [3.05, 3.63) is 48.4 Å². The third-order valence-corrected chi connectivity index (χ3v) is 5.67. The number of hydrogen-bond donors (Lipinski definition) is 5. The lowest BCUT2D eigenvalue weighted by Crippen LogP contribution is -2.18. The molecule has 0 unspecified atom stereocenters. The summed E-state index contributed by atoms with van der Waals surface area (Å²) in [4.78, 5) is 28.8. The van der Waals surface area contributed by atoms with E-state index in [1.165, 1.54) is 29.2 Å². The number of thiophene rings is 1. The van der Waals surface area contributed by atoms with Crippen molar-refractivity contribution in [3.63, 3.8) is 0 Å². The molecule has 4 heterocycles. The van der Waals surface area contributed by atoms with Crippen LogP contribution in [0.25, 0.3) is 32.5 Å². The van der Waals surface area contributed by atoms with E-state index in [4.69, 9.17) is 14.9 Å². The van der Waals surface area contributed by atoms with Gasteiger partial charge in [0.2, 0.25) is 0 Å². The molecule has 1 aromatic carbocycles. The maximum absolute atomic E-state index is 11.4. The molecule has 4 aromatic heterocycles. The van der Waals surface area contributed by atoms with Crippen LogP contribution in [-0.2, 0) is 0 Å². The zero-order valence-corrected chi connectivity index (χ0v) is 17.6. The van der Waals surface area contributed by atoms with Crippen LogP contribution in [-0.4, -0.2) is 59.5 Å². The van der Waals surface area contributed by atoms with Crippen molar-refractivity contribution >= 4 is 44.2 Å². The number of carbonyl (C=O) groups excluding carboxylic acids is 1. The minimum atomic E-state index is -0.724. The highest BCUT2D eigenvalue weighted by Gasteiger charge is 2.17. The molecule has 0 saturated carbocycles. The van der Waals surface area contributed by atoms with Crippen LogP contribution in [0.3, 0.4) is 0 Å². The number of nitrogens with one attached hydrogen (secondary N) is 3. The van der Waals surface area contributed by atoms with Crippen molar-refractivity contribution in [2.75, 3.05) is 18.5 Å². The van der Waals surface area contributed by atoms with E-state index in [0.717, 1.165) is 21.2 Å². The van der Waals surface area contributed by atoms with Crippen molar-refractivity contribution in [3.8, 4) is 22.5 Å². The molecular weight excluding hydrogens is 448 g/mol. The molecule has 0 radical (unpaired) electrons. The Morgan fingerprint density at radius 1 is 1.18 bits per heavy atom. The molecule has 0 bridgehead atoms. The molecule has 33 heavy (non-hydrogen) atoms. The molecule has 5 aromatic rings. The van der Waals surface area contributed by atoms with Crippen molar-refractivity contribution in [2.24, 2.45) is 0 Å². The molecule has 0 spiro atoms. The Bertz CT molecular complexity index is 1450. The van der Waals surface area contributed by atoms with Gasteiger partial charge in [0.25, 0.3) is 5.91 Å². The molecule has 166 valence electrons. The molecule has 5 N–H and O–H groups in total. The highest BCUT2D eigenvalue weighted by atomic mass is 32.1. The number of hydroxylamine groups is 1. The van der Waals surface area contributed by atoms with Crippen LogP contribution in [0.5, 0.6) is 11.1 Å². The van der Waals surface area contributed by atoms with Crippen molar-refractivity contribution in [2.45, 2.75) is 0 Å². The second-order valence-electron chi connectivity index (χ2n) is 6.76. The molecule has 0 saturated heterocycles. The third kappa shape index (κ3) is 4.03. The van der Waals surface area contributed by atoms with Crippen LogP contribution in [0.2, 0.25) is 0 Å². The molecule has 12 nitrogen and oxygen atoms in total. The van der Waals surface area contributed by atoms with E-state index in [-0.39, 0.29) is 18.2 Å². The van der Waals surface area contributed by atoms with Crippen molar-refractivity contribution < 1.29 is 19.8 Å². The lowest BCUT2D eigenvalue weighted by Gasteiger charge is -2.08. The Labute approximate surface area is 189 Å². The number of nitrogens with zero attached hydrogens (tertiary/aromatic N) is 5. The van der Waals surface area contributed by atoms with Gasteiger partial charge in [-0.1, -0.05) is 23.5 Å². The van der Waals surface area contributed by atoms with Gasteiger partial charge in [-0.2, -0.15) is 5.10 Å². The first-order valence-electron chi connectivity index (χ1n) is 9.69. The number of hydrogen-bond acceptors (Lipinski definition) is 11. The van der Waals surface area contributed by atoms with Gasteiger partial charge in [-0.15, -0.1) is 0 Å². The number of ether oxygens (including phenoxy) is 1. The van der Waals surface area contributed by atoms with E-state index < -0.39 is 5.91 Å². The highest BCUT2D eigenvalue weighted by Crippen LogP contribution is 2.38. The summed E-state index contributed by atoms with van der Waals surface area (Å²) >= 11 is 1.28. The number of aliphatic hydroxyl groups excluding tert-OH is 1. The van der Waals surface area contributed by atoms with E-state index in [2.05, 4.69) is 30.5 Å². The van der Waals surface area contributed by atoms with E-state index >= 15 is 0 Å². The standard InChI is InChI=1S/C20H16N8O4S/c29-5-4-21-18-16-14(25-17(26-18)11-2-1-3-13-12(11)9-24-27-13)6-15(33-16)32-20-22-7-10(8-23-20)19(30)28-31/h1-3,6-9,29,31H,4-5H2,(H,24,27)(H,28,30)(H,21,25,26). The Kier molecular flexibility index (Phi) is 5.48. The SMILES string of the molecule is O=C(NO)c1cnc(Oc2cc3nc(-c4cccc5[nH]ncc45)nc(NCCO)c3s2)nc1. The fourth-order valence-corrected chi connectivity index (χ4v) is 4.09. The third-order valence-electron chi connectivity index (χ3n) is 4.66. The summed E-state index contributed by atoms with van der Waals surface area (Å²) in [5, 5.41) is 29.5. The van der Waals surface area contributed by atoms with Gasteiger partial charge in [0.1, 0.15) is 5.82 Å². The van der Waals surface area contributed by atoms with Crippen LogP contribution in [0.4, 0.5) is 5.82 Å². The zero-order chi connectivity index (χ0) is 22.8. The highest BCUT2D eigenvalue weighted by molar-refractivity contribution is 7.21. The molecule has 0 aliphatic rings. The van der Waals surface area contributed by atoms with Crippen LogP contribution in [0.15, 0.2) is 42.9 Å². The van der Waals surface area contributed by atoms with Gasteiger partial charge < -0.3 is 15.2 Å². The number of H-pyrrole nitrogens is 1. The number of amides is 1. The predicted molar refractivity (Wildman–Crippen MR) is 119 cm³/mol. The summed E-state index contributed by atoms with van der Waals surface area (Å²) in [7, 11) is 0. The molecule has 0 atom stereocenters. The van der Waals surface area contributed by atoms with E-state index in [0.29, 0.717) is 28.8 Å². The Hall–Kier alpha value is -4.20.